The molecule has 1 saturated carbocycles. The fourth-order valence-corrected chi connectivity index (χ4v) is 5.81. The van der Waals surface area contributed by atoms with E-state index in [4.69, 9.17) is 0 Å². The van der Waals surface area contributed by atoms with Crippen LogP contribution in [0.4, 0.5) is 0 Å². The monoisotopic (exact) mass is 380 g/mol. The standard InChI is InChI=1S/C13H21BrN2O2S2/c1-2-9-15-10-3-5-11(6-4-10)16-20(17,18)13-8-7-12(14)19-13/h7-8,10-11,15-16H,2-6,9H2,1H3. The highest BCUT2D eigenvalue weighted by atomic mass is 79.9. The molecule has 0 atom stereocenters. The lowest BCUT2D eigenvalue weighted by Gasteiger charge is -2.29. The van der Waals surface area contributed by atoms with E-state index in [-0.39, 0.29) is 6.04 Å². The smallest absolute Gasteiger partial charge is 0.250 e. The molecule has 0 saturated heterocycles. The Morgan fingerprint density at radius 1 is 1.25 bits per heavy atom. The molecule has 0 radical (unpaired) electrons. The Hall–Kier alpha value is 0.0500. The second-order valence-corrected chi connectivity index (χ2v) is 9.59. The van der Waals surface area contributed by atoms with Crippen LogP contribution in [-0.2, 0) is 10.0 Å². The molecule has 114 valence electrons. The van der Waals surface area contributed by atoms with Crippen molar-refractivity contribution in [1.82, 2.24) is 10.0 Å². The number of sulfonamides is 1. The molecule has 1 aliphatic carbocycles. The molecule has 0 spiro atoms. The van der Waals surface area contributed by atoms with Crippen LogP contribution in [0.3, 0.4) is 0 Å². The van der Waals surface area contributed by atoms with Crippen LogP contribution in [0.2, 0.25) is 0 Å². The molecule has 0 aromatic carbocycles. The van der Waals surface area contributed by atoms with E-state index in [2.05, 4.69) is 32.9 Å². The van der Waals surface area contributed by atoms with Gasteiger partial charge in [-0.25, -0.2) is 13.1 Å². The van der Waals surface area contributed by atoms with Crippen LogP contribution in [-0.4, -0.2) is 27.0 Å². The molecule has 0 unspecified atom stereocenters. The summed E-state index contributed by atoms with van der Waals surface area (Å²) >= 11 is 4.55. The van der Waals surface area contributed by atoms with Crippen molar-refractivity contribution in [2.45, 2.75) is 55.3 Å². The molecule has 2 rings (SSSR count). The van der Waals surface area contributed by atoms with Crippen molar-refractivity contribution in [3.05, 3.63) is 15.9 Å². The summed E-state index contributed by atoms with van der Waals surface area (Å²) in [6, 6.07) is 4.03. The summed E-state index contributed by atoms with van der Waals surface area (Å²) in [5.74, 6) is 0. The van der Waals surface area contributed by atoms with Gasteiger partial charge in [-0.15, -0.1) is 11.3 Å². The molecule has 1 aliphatic rings. The maximum absolute atomic E-state index is 12.2. The highest BCUT2D eigenvalue weighted by Gasteiger charge is 2.26. The van der Waals surface area contributed by atoms with E-state index in [0.29, 0.717) is 10.3 Å². The largest absolute Gasteiger partial charge is 0.314 e. The summed E-state index contributed by atoms with van der Waals surface area (Å²) in [6.07, 6.45) is 5.04. The normalized spacial score (nSPS) is 23.9. The SMILES string of the molecule is CCCNC1CCC(NS(=O)(=O)c2ccc(Br)s2)CC1. The van der Waals surface area contributed by atoms with Gasteiger partial charge in [-0.2, -0.15) is 0 Å². The lowest BCUT2D eigenvalue weighted by atomic mass is 9.92. The van der Waals surface area contributed by atoms with E-state index in [1.165, 1.54) is 11.3 Å². The van der Waals surface area contributed by atoms with Crippen LogP contribution >= 0.6 is 27.3 Å². The zero-order valence-corrected chi connectivity index (χ0v) is 14.8. The fourth-order valence-electron chi connectivity index (χ4n) is 2.48. The second-order valence-electron chi connectivity index (χ2n) is 5.18. The maximum atomic E-state index is 12.2. The van der Waals surface area contributed by atoms with Crippen molar-refractivity contribution >= 4 is 37.3 Å². The third-order valence-corrected chi connectivity index (χ3v) is 7.18. The number of rotatable bonds is 6. The molecule has 1 heterocycles. The molecule has 0 amide bonds. The van der Waals surface area contributed by atoms with Gasteiger partial charge in [-0.3, -0.25) is 0 Å². The molecule has 20 heavy (non-hydrogen) atoms. The highest BCUT2D eigenvalue weighted by Crippen LogP contribution is 2.27. The molecule has 0 bridgehead atoms. The van der Waals surface area contributed by atoms with Crippen LogP contribution in [0, 0.1) is 0 Å². The van der Waals surface area contributed by atoms with Crippen molar-refractivity contribution in [1.29, 1.82) is 0 Å². The minimum absolute atomic E-state index is 0.0700. The summed E-state index contributed by atoms with van der Waals surface area (Å²) in [4.78, 5) is 0. The number of nitrogens with one attached hydrogen (secondary N) is 2. The average Bonchev–Trinajstić information content (AvgIpc) is 2.85. The van der Waals surface area contributed by atoms with E-state index in [1.54, 1.807) is 12.1 Å². The summed E-state index contributed by atoms with van der Waals surface area (Å²) in [5.41, 5.74) is 0. The van der Waals surface area contributed by atoms with Gasteiger partial charge in [0.2, 0.25) is 10.0 Å². The zero-order chi connectivity index (χ0) is 14.6. The number of hydrogen-bond acceptors (Lipinski definition) is 4. The fraction of sp³-hybridized carbons (Fsp3) is 0.692. The minimum atomic E-state index is -3.36. The van der Waals surface area contributed by atoms with Crippen LogP contribution in [0.5, 0.6) is 0 Å². The van der Waals surface area contributed by atoms with E-state index in [9.17, 15) is 8.42 Å². The first-order valence-corrected chi connectivity index (χ1v) is 10.1. The topological polar surface area (TPSA) is 58.2 Å². The lowest BCUT2D eigenvalue weighted by molar-refractivity contribution is 0.330. The highest BCUT2D eigenvalue weighted by molar-refractivity contribution is 9.11. The maximum Gasteiger partial charge on any atom is 0.250 e. The quantitative estimate of drug-likeness (QED) is 0.796. The summed E-state index contributed by atoms with van der Waals surface area (Å²) in [6.45, 7) is 3.20. The Morgan fingerprint density at radius 3 is 2.45 bits per heavy atom. The molecule has 1 aromatic heterocycles. The molecule has 2 N–H and O–H groups in total. The van der Waals surface area contributed by atoms with Gasteiger partial charge in [0.25, 0.3) is 0 Å². The lowest BCUT2D eigenvalue weighted by Crippen LogP contribution is -2.42. The van der Waals surface area contributed by atoms with Gasteiger partial charge in [-0.1, -0.05) is 6.92 Å². The van der Waals surface area contributed by atoms with Gasteiger partial charge in [-0.05, 0) is 66.7 Å². The van der Waals surface area contributed by atoms with Gasteiger partial charge < -0.3 is 5.32 Å². The summed E-state index contributed by atoms with van der Waals surface area (Å²) in [5, 5.41) is 3.51. The predicted molar refractivity (Wildman–Crippen MR) is 86.7 cm³/mol. The molecule has 1 fully saturated rings. The number of halogens is 1. The van der Waals surface area contributed by atoms with Gasteiger partial charge in [0, 0.05) is 12.1 Å². The van der Waals surface area contributed by atoms with E-state index >= 15 is 0 Å². The first-order chi connectivity index (χ1) is 9.51. The Bertz CT molecular complexity index is 522. The molecule has 0 aliphatic heterocycles. The van der Waals surface area contributed by atoms with Gasteiger partial charge in [0.05, 0.1) is 3.79 Å². The Morgan fingerprint density at radius 2 is 1.90 bits per heavy atom. The van der Waals surface area contributed by atoms with E-state index < -0.39 is 10.0 Å². The Kier molecular flexibility index (Phi) is 6.04. The van der Waals surface area contributed by atoms with Crippen molar-refractivity contribution in [2.75, 3.05) is 6.54 Å². The first kappa shape index (κ1) is 16.4. The van der Waals surface area contributed by atoms with Crippen LogP contribution in [0.1, 0.15) is 39.0 Å². The number of thiophene rings is 1. The summed E-state index contributed by atoms with van der Waals surface area (Å²) < 4.78 is 28.5. The average molecular weight is 381 g/mol. The van der Waals surface area contributed by atoms with Crippen molar-refractivity contribution in [3.8, 4) is 0 Å². The second kappa shape index (κ2) is 7.35. The van der Waals surface area contributed by atoms with Gasteiger partial charge >= 0.3 is 0 Å². The van der Waals surface area contributed by atoms with Crippen LogP contribution in [0.25, 0.3) is 0 Å². The first-order valence-electron chi connectivity index (χ1n) is 7.02. The van der Waals surface area contributed by atoms with Gasteiger partial charge in [0.1, 0.15) is 4.21 Å². The summed E-state index contributed by atoms with van der Waals surface area (Å²) in [7, 11) is -3.36. The van der Waals surface area contributed by atoms with Crippen LogP contribution in [0.15, 0.2) is 20.1 Å². The predicted octanol–water partition coefficient (Wildman–Crippen LogP) is 3.10. The Labute approximate surface area is 133 Å². The van der Waals surface area contributed by atoms with Crippen molar-refractivity contribution in [2.24, 2.45) is 0 Å². The van der Waals surface area contributed by atoms with E-state index in [1.807, 2.05) is 0 Å². The van der Waals surface area contributed by atoms with Gasteiger partial charge in [0.15, 0.2) is 0 Å². The van der Waals surface area contributed by atoms with Crippen LogP contribution < -0.4 is 10.0 Å². The third-order valence-electron chi connectivity index (χ3n) is 3.55. The molecule has 1 aromatic rings. The van der Waals surface area contributed by atoms with Crippen molar-refractivity contribution < 1.29 is 8.42 Å². The number of hydrogen-bond donors (Lipinski definition) is 2. The molecule has 7 heteroatoms. The zero-order valence-electron chi connectivity index (χ0n) is 11.6. The molecular weight excluding hydrogens is 360 g/mol. The molecular formula is C13H21BrN2O2S2. The Balaban J connectivity index is 1.86. The van der Waals surface area contributed by atoms with E-state index in [0.717, 1.165) is 42.4 Å². The minimum Gasteiger partial charge on any atom is -0.314 e. The molecule has 4 nitrogen and oxygen atoms in total. The van der Waals surface area contributed by atoms with Crippen molar-refractivity contribution in [3.63, 3.8) is 0 Å². The third kappa shape index (κ3) is 4.53.